The van der Waals surface area contributed by atoms with E-state index in [-0.39, 0.29) is 6.61 Å². The van der Waals surface area contributed by atoms with Crippen molar-refractivity contribution in [3.05, 3.63) is 58.1 Å². The molecular weight excluding hydrogens is 296 g/mol. The number of aryl methyl sites for hydroxylation is 1. The first-order chi connectivity index (χ1) is 8.20. The third kappa shape index (κ3) is 3.12. The van der Waals surface area contributed by atoms with E-state index in [0.717, 1.165) is 10.0 Å². The molecule has 0 saturated heterocycles. The Morgan fingerprint density at radius 2 is 1.94 bits per heavy atom. The van der Waals surface area contributed by atoms with Gasteiger partial charge in [-0.2, -0.15) is 0 Å². The lowest BCUT2D eigenvalue weighted by molar-refractivity contribution is 0.281. The van der Waals surface area contributed by atoms with E-state index < -0.39 is 0 Å². The first-order valence-electron chi connectivity index (χ1n) is 5.33. The van der Waals surface area contributed by atoms with Crippen LogP contribution < -0.4 is 0 Å². The quantitative estimate of drug-likeness (QED) is 0.907. The van der Waals surface area contributed by atoms with E-state index in [1.54, 1.807) is 11.8 Å². The second-order valence-corrected chi connectivity index (χ2v) is 5.75. The van der Waals surface area contributed by atoms with Gasteiger partial charge in [0.25, 0.3) is 0 Å². The van der Waals surface area contributed by atoms with Crippen LogP contribution in [0.1, 0.15) is 11.1 Å². The van der Waals surface area contributed by atoms with E-state index in [9.17, 15) is 0 Å². The highest BCUT2D eigenvalue weighted by atomic mass is 79.9. The van der Waals surface area contributed by atoms with Gasteiger partial charge in [0.2, 0.25) is 0 Å². The standard InChI is InChI=1S/C14H13BrOS/c1-10-4-2-3-5-14(10)17-12-7-6-11(9-16)13(15)8-12/h2-8,16H,9H2,1H3. The average molecular weight is 309 g/mol. The van der Waals surface area contributed by atoms with Gasteiger partial charge in [0.1, 0.15) is 0 Å². The monoisotopic (exact) mass is 308 g/mol. The van der Waals surface area contributed by atoms with Crippen molar-refractivity contribution in [3.8, 4) is 0 Å². The van der Waals surface area contributed by atoms with Gasteiger partial charge >= 0.3 is 0 Å². The van der Waals surface area contributed by atoms with E-state index in [2.05, 4.69) is 35.0 Å². The van der Waals surface area contributed by atoms with Gasteiger partial charge in [0, 0.05) is 14.3 Å². The van der Waals surface area contributed by atoms with Crippen LogP contribution in [-0.2, 0) is 6.61 Å². The van der Waals surface area contributed by atoms with Crippen molar-refractivity contribution in [1.82, 2.24) is 0 Å². The molecule has 0 amide bonds. The maximum absolute atomic E-state index is 9.11. The summed E-state index contributed by atoms with van der Waals surface area (Å²) < 4.78 is 0.957. The van der Waals surface area contributed by atoms with Crippen molar-refractivity contribution < 1.29 is 5.11 Å². The highest BCUT2D eigenvalue weighted by Gasteiger charge is 2.03. The molecule has 0 heterocycles. The molecule has 0 saturated carbocycles. The van der Waals surface area contributed by atoms with Crippen LogP contribution in [0.5, 0.6) is 0 Å². The summed E-state index contributed by atoms with van der Waals surface area (Å²) in [6.07, 6.45) is 0. The minimum absolute atomic E-state index is 0.0654. The Labute approximate surface area is 114 Å². The van der Waals surface area contributed by atoms with E-state index in [0.29, 0.717) is 0 Å². The van der Waals surface area contributed by atoms with Crippen LogP contribution in [0.25, 0.3) is 0 Å². The minimum Gasteiger partial charge on any atom is -0.392 e. The van der Waals surface area contributed by atoms with Gasteiger partial charge in [-0.15, -0.1) is 0 Å². The Balaban J connectivity index is 2.25. The molecule has 17 heavy (non-hydrogen) atoms. The lowest BCUT2D eigenvalue weighted by Crippen LogP contribution is -1.85. The van der Waals surface area contributed by atoms with Crippen LogP contribution in [-0.4, -0.2) is 5.11 Å². The predicted molar refractivity (Wildman–Crippen MR) is 75.4 cm³/mol. The normalized spacial score (nSPS) is 10.5. The van der Waals surface area contributed by atoms with E-state index >= 15 is 0 Å². The van der Waals surface area contributed by atoms with Crippen LogP contribution in [0.4, 0.5) is 0 Å². The summed E-state index contributed by atoms with van der Waals surface area (Å²) >= 11 is 5.20. The van der Waals surface area contributed by atoms with Gasteiger partial charge in [-0.25, -0.2) is 0 Å². The largest absolute Gasteiger partial charge is 0.392 e. The lowest BCUT2D eigenvalue weighted by Gasteiger charge is -2.07. The number of hydrogen-bond acceptors (Lipinski definition) is 2. The average Bonchev–Trinajstić information content (AvgIpc) is 2.32. The summed E-state index contributed by atoms with van der Waals surface area (Å²) in [5.74, 6) is 0. The fourth-order valence-corrected chi connectivity index (χ4v) is 3.12. The molecule has 0 aliphatic carbocycles. The molecule has 2 aromatic rings. The lowest BCUT2D eigenvalue weighted by atomic mass is 10.2. The summed E-state index contributed by atoms with van der Waals surface area (Å²) in [5.41, 5.74) is 2.19. The van der Waals surface area contributed by atoms with Gasteiger partial charge < -0.3 is 5.11 Å². The molecule has 1 nitrogen and oxygen atoms in total. The highest BCUT2D eigenvalue weighted by Crippen LogP contribution is 2.32. The van der Waals surface area contributed by atoms with Crippen LogP contribution in [0.15, 0.2) is 56.7 Å². The fraction of sp³-hybridized carbons (Fsp3) is 0.143. The molecule has 0 unspecified atom stereocenters. The smallest absolute Gasteiger partial charge is 0.0692 e. The van der Waals surface area contributed by atoms with Crippen molar-refractivity contribution in [2.24, 2.45) is 0 Å². The molecule has 88 valence electrons. The molecule has 0 spiro atoms. The maximum atomic E-state index is 9.11. The van der Waals surface area contributed by atoms with Gasteiger partial charge in [-0.1, -0.05) is 52.0 Å². The number of hydrogen-bond donors (Lipinski definition) is 1. The molecule has 0 aliphatic rings. The first kappa shape index (κ1) is 12.7. The Hall–Kier alpha value is -0.770. The van der Waals surface area contributed by atoms with Crippen LogP contribution >= 0.6 is 27.7 Å². The second-order valence-electron chi connectivity index (χ2n) is 3.78. The van der Waals surface area contributed by atoms with Crippen molar-refractivity contribution in [3.63, 3.8) is 0 Å². The molecule has 0 atom stereocenters. The molecule has 0 radical (unpaired) electrons. The van der Waals surface area contributed by atoms with Gasteiger partial charge in [0.05, 0.1) is 6.61 Å². The minimum atomic E-state index is 0.0654. The van der Waals surface area contributed by atoms with Gasteiger partial charge in [-0.3, -0.25) is 0 Å². The summed E-state index contributed by atoms with van der Waals surface area (Å²) in [7, 11) is 0. The predicted octanol–water partition coefficient (Wildman–Crippen LogP) is 4.40. The van der Waals surface area contributed by atoms with Crippen molar-refractivity contribution >= 4 is 27.7 Å². The number of aliphatic hydroxyl groups excluding tert-OH is 1. The number of rotatable bonds is 3. The number of halogens is 1. The molecule has 2 rings (SSSR count). The molecule has 1 N–H and O–H groups in total. The Bertz CT molecular complexity index is 525. The summed E-state index contributed by atoms with van der Waals surface area (Å²) in [4.78, 5) is 2.43. The van der Waals surface area contributed by atoms with Crippen LogP contribution in [0, 0.1) is 6.92 Å². The number of benzene rings is 2. The van der Waals surface area contributed by atoms with Crippen molar-refractivity contribution in [2.45, 2.75) is 23.3 Å². The zero-order valence-corrected chi connectivity index (χ0v) is 11.9. The van der Waals surface area contributed by atoms with E-state index in [1.165, 1.54) is 15.4 Å². The molecule has 3 heteroatoms. The third-order valence-electron chi connectivity index (χ3n) is 2.52. The second kappa shape index (κ2) is 5.71. The maximum Gasteiger partial charge on any atom is 0.0692 e. The number of aliphatic hydroxyl groups is 1. The molecule has 0 aliphatic heterocycles. The molecule has 2 aromatic carbocycles. The SMILES string of the molecule is Cc1ccccc1Sc1ccc(CO)c(Br)c1. The Morgan fingerprint density at radius 1 is 1.18 bits per heavy atom. The zero-order valence-electron chi connectivity index (χ0n) is 9.48. The Morgan fingerprint density at radius 3 is 2.59 bits per heavy atom. The van der Waals surface area contributed by atoms with E-state index in [1.807, 2.05) is 30.3 Å². The summed E-state index contributed by atoms with van der Waals surface area (Å²) in [5, 5.41) is 9.11. The topological polar surface area (TPSA) is 20.2 Å². The fourth-order valence-electron chi connectivity index (χ4n) is 1.52. The van der Waals surface area contributed by atoms with E-state index in [4.69, 9.17) is 5.11 Å². The van der Waals surface area contributed by atoms with Crippen molar-refractivity contribution in [1.29, 1.82) is 0 Å². The molecule has 0 bridgehead atoms. The zero-order chi connectivity index (χ0) is 12.3. The third-order valence-corrected chi connectivity index (χ3v) is 4.42. The Kier molecular flexibility index (Phi) is 4.26. The first-order valence-corrected chi connectivity index (χ1v) is 6.94. The summed E-state index contributed by atoms with van der Waals surface area (Å²) in [6, 6.07) is 14.4. The van der Waals surface area contributed by atoms with Crippen molar-refractivity contribution in [2.75, 3.05) is 0 Å². The highest BCUT2D eigenvalue weighted by molar-refractivity contribution is 9.10. The molecule has 0 aromatic heterocycles. The van der Waals surface area contributed by atoms with Gasteiger partial charge in [-0.05, 0) is 36.2 Å². The molecule has 0 fully saturated rings. The van der Waals surface area contributed by atoms with Crippen LogP contribution in [0.3, 0.4) is 0 Å². The van der Waals surface area contributed by atoms with Gasteiger partial charge in [0.15, 0.2) is 0 Å². The van der Waals surface area contributed by atoms with Crippen LogP contribution in [0.2, 0.25) is 0 Å². The summed E-state index contributed by atoms with van der Waals surface area (Å²) in [6.45, 7) is 2.18. The molecular formula is C14H13BrOS.